The molecule has 1 aromatic heterocycles. The topological polar surface area (TPSA) is 79.1 Å². The van der Waals surface area contributed by atoms with Gasteiger partial charge in [-0.25, -0.2) is 15.8 Å². The van der Waals surface area contributed by atoms with Crippen LogP contribution in [-0.4, -0.2) is 41.0 Å². The van der Waals surface area contributed by atoms with Crippen LogP contribution >= 0.6 is 0 Å². The van der Waals surface area contributed by atoms with Crippen molar-refractivity contribution in [3.8, 4) is 0 Å². The standard InChI is InChI=1S/C13H26N6/c1-9(2)19(5)8-6-7-15-12-10(3)13(18-14)17-11(4)16-12/h9H,6-8,14H2,1-5H3,(H2,15,16,17,18). The first-order valence-electron chi connectivity index (χ1n) is 6.71. The molecular weight excluding hydrogens is 240 g/mol. The Balaban J connectivity index is 2.52. The minimum atomic E-state index is 0.580. The summed E-state index contributed by atoms with van der Waals surface area (Å²) >= 11 is 0. The van der Waals surface area contributed by atoms with Crippen LogP contribution in [-0.2, 0) is 0 Å². The SMILES string of the molecule is Cc1nc(NN)c(C)c(NCCCN(C)C(C)C)n1. The summed E-state index contributed by atoms with van der Waals surface area (Å²) in [6, 6.07) is 0.580. The average Bonchev–Trinajstić information content (AvgIpc) is 2.37. The lowest BCUT2D eigenvalue weighted by Gasteiger charge is -2.21. The number of anilines is 2. The van der Waals surface area contributed by atoms with Crippen molar-refractivity contribution in [1.29, 1.82) is 0 Å². The van der Waals surface area contributed by atoms with Crippen LogP contribution in [0.15, 0.2) is 0 Å². The van der Waals surface area contributed by atoms with Crippen molar-refractivity contribution in [1.82, 2.24) is 14.9 Å². The molecule has 6 heteroatoms. The third-order valence-electron chi connectivity index (χ3n) is 3.26. The van der Waals surface area contributed by atoms with Crippen LogP contribution < -0.4 is 16.6 Å². The summed E-state index contributed by atoms with van der Waals surface area (Å²) in [5, 5.41) is 3.35. The Morgan fingerprint density at radius 2 is 1.84 bits per heavy atom. The second kappa shape index (κ2) is 7.25. The van der Waals surface area contributed by atoms with Crippen LogP contribution in [0.4, 0.5) is 11.6 Å². The summed E-state index contributed by atoms with van der Waals surface area (Å²) in [5.41, 5.74) is 3.55. The third-order valence-corrected chi connectivity index (χ3v) is 3.26. The van der Waals surface area contributed by atoms with E-state index in [9.17, 15) is 0 Å². The summed E-state index contributed by atoms with van der Waals surface area (Å²) in [4.78, 5) is 11.0. The van der Waals surface area contributed by atoms with Crippen molar-refractivity contribution < 1.29 is 0 Å². The number of hydrogen-bond acceptors (Lipinski definition) is 6. The summed E-state index contributed by atoms with van der Waals surface area (Å²) in [6.45, 7) is 10.2. The average molecular weight is 266 g/mol. The maximum absolute atomic E-state index is 5.44. The Hall–Kier alpha value is -1.40. The van der Waals surface area contributed by atoms with E-state index in [1.54, 1.807) is 0 Å². The molecule has 0 aliphatic heterocycles. The second-order valence-electron chi connectivity index (χ2n) is 5.09. The van der Waals surface area contributed by atoms with Crippen LogP contribution in [0.5, 0.6) is 0 Å². The molecule has 108 valence electrons. The molecule has 0 unspecified atom stereocenters. The molecule has 0 aromatic carbocycles. The lowest BCUT2D eigenvalue weighted by atomic mass is 10.3. The molecule has 6 nitrogen and oxygen atoms in total. The second-order valence-corrected chi connectivity index (χ2v) is 5.09. The minimum absolute atomic E-state index is 0.580. The van der Waals surface area contributed by atoms with Crippen molar-refractivity contribution in [2.24, 2.45) is 5.84 Å². The minimum Gasteiger partial charge on any atom is -0.370 e. The van der Waals surface area contributed by atoms with Gasteiger partial charge in [-0.2, -0.15) is 0 Å². The molecule has 1 aromatic rings. The summed E-state index contributed by atoms with van der Waals surface area (Å²) in [6.07, 6.45) is 1.07. The van der Waals surface area contributed by atoms with Crippen molar-refractivity contribution >= 4 is 11.6 Å². The van der Waals surface area contributed by atoms with E-state index in [0.29, 0.717) is 17.7 Å². The van der Waals surface area contributed by atoms with Gasteiger partial charge in [-0.15, -0.1) is 0 Å². The van der Waals surface area contributed by atoms with Crippen LogP contribution in [0, 0.1) is 13.8 Å². The zero-order chi connectivity index (χ0) is 14.4. The Morgan fingerprint density at radius 3 is 2.42 bits per heavy atom. The Labute approximate surface area is 115 Å². The third kappa shape index (κ3) is 4.65. The van der Waals surface area contributed by atoms with Gasteiger partial charge in [-0.1, -0.05) is 0 Å². The summed E-state index contributed by atoms with van der Waals surface area (Å²) in [7, 11) is 2.14. The molecule has 0 spiro atoms. The van der Waals surface area contributed by atoms with Gasteiger partial charge in [0, 0.05) is 18.2 Å². The molecule has 0 amide bonds. The number of nitrogens with two attached hydrogens (primary N) is 1. The van der Waals surface area contributed by atoms with Gasteiger partial charge >= 0.3 is 0 Å². The summed E-state index contributed by atoms with van der Waals surface area (Å²) < 4.78 is 0. The number of rotatable bonds is 7. The molecule has 1 rings (SSSR count). The molecule has 19 heavy (non-hydrogen) atoms. The molecule has 0 radical (unpaired) electrons. The van der Waals surface area contributed by atoms with Gasteiger partial charge < -0.3 is 15.6 Å². The lowest BCUT2D eigenvalue weighted by molar-refractivity contribution is 0.273. The normalized spacial score (nSPS) is 11.2. The van der Waals surface area contributed by atoms with E-state index in [1.807, 2.05) is 13.8 Å². The zero-order valence-corrected chi connectivity index (χ0v) is 12.6. The molecule has 0 bridgehead atoms. The first-order valence-corrected chi connectivity index (χ1v) is 6.71. The van der Waals surface area contributed by atoms with E-state index in [2.05, 4.69) is 46.5 Å². The smallest absolute Gasteiger partial charge is 0.148 e. The van der Waals surface area contributed by atoms with E-state index in [4.69, 9.17) is 5.84 Å². The van der Waals surface area contributed by atoms with Crippen LogP contribution in [0.1, 0.15) is 31.7 Å². The van der Waals surface area contributed by atoms with E-state index >= 15 is 0 Å². The van der Waals surface area contributed by atoms with Gasteiger partial charge in [0.25, 0.3) is 0 Å². The van der Waals surface area contributed by atoms with Crippen LogP contribution in [0.3, 0.4) is 0 Å². The fourth-order valence-electron chi connectivity index (χ4n) is 1.73. The Morgan fingerprint density at radius 1 is 1.21 bits per heavy atom. The Bertz CT molecular complexity index is 404. The molecular formula is C13H26N6. The summed E-state index contributed by atoms with van der Waals surface area (Å²) in [5.74, 6) is 7.68. The molecule has 0 fully saturated rings. The van der Waals surface area contributed by atoms with Gasteiger partial charge in [0.1, 0.15) is 17.5 Å². The number of aromatic nitrogens is 2. The monoisotopic (exact) mass is 266 g/mol. The molecule has 0 saturated carbocycles. The van der Waals surface area contributed by atoms with Crippen LogP contribution in [0.2, 0.25) is 0 Å². The van der Waals surface area contributed by atoms with E-state index in [1.165, 1.54) is 0 Å². The van der Waals surface area contributed by atoms with Gasteiger partial charge in [-0.3, -0.25) is 0 Å². The molecule has 0 aliphatic carbocycles. The van der Waals surface area contributed by atoms with Crippen molar-refractivity contribution in [2.45, 2.75) is 40.2 Å². The number of aryl methyl sites for hydroxylation is 1. The molecule has 0 saturated heterocycles. The number of nitrogen functional groups attached to an aromatic ring is 1. The highest BCUT2D eigenvalue weighted by atomic mass is 15.3. The van der Waals surface area contributed by atoms with Gasteiger partial charge in [0.15, 0.2) is 0 Å². The van der Waals surface area contributed by atoms with Crippen molar-refractivity contribution in [3.63, 3.8) is 0 Å². The van der Waals surface area contributed by atoms with E-state index in [0.717, 1.165) is 30.9 Å². The fourth-order valence-corrected chi connectivity index (χ4v) is 1.73. The van der Waals surface area contributed by atoms with Crippen molar-refractivity contribution in [2.75, 3.05) is 30.9 Å². The highest BCUT2D eigenvalue weighted by molar-refractivity contribution is 5.56. The molecule has 0 aliphatic rings. The predicted octanol–water partition coefficient (Wildman–Crippen LogP) is 1.52. The van der Waals surface area contributed by atoms with Gasteiger partial charge in [0.2, 0.25) is 0 Å². The highest BCUT2D eigenvalue weighted by Crippen LogP contribution is 2.18. The first kappa shape index (κ1) is 15.7. The zero-order valence-electron chi connectivity index (χ0n) is 12.6. The van der Waals surface area contributed by atoms with Gasteiger partial charge in [-0.05, 0) is 47.7 Å². The maximum Gasteiger partial charge on any atom is 0.148 e. The number of nitrogens with one attached hydrogen (secondary N) is 2. The quantitative estimate of drug-likeness (QED) is 0.394. The maximum atomic E-state index is 5.44. The van der Waals surface area contributed by atoms with Crippen molar-refractivity contribution in [3.05, 3.63) is 11.4 Å². The van der Waals surface area contributed by atoms with E-state index < -0.39 is 0 Å². The highest BCUT2D eigenvalue weighted by Gasteiger charge is 2.08. The first-order chi connectivity index (χ1) is 8.95. The van der Waals surface area contributed by atoms with E-state index in [-0.39, 0.29) is 0 Å². The fraction of sp³-hybridized carbons (Fsp3) is 0.692. The number of hydrogen-bond donors (Lipinski definition) is 3. The lowest BCUT2D eigenvalue weighted by Crippen LogP contribution is -2.28. The Kier molecular flexibility index (Phi) is 5.98. The molecule has 1 heterocycles. The predicted molar refractivity (Wildman–Crippen MR) is 80.2 cm³/mol. The largest absolute Gasteiger partial charge is 0.370 e. The van der Waals surface area contributed by atoms with Crippen LogP contribution in [0.25, 0.3) is 0 Å². The number of hydrazine groups is 1. The number of nitrogens with zero attached hydrogens (tertiary/aromatic N) is 3. The molecule has 0 atom stereocenters. The molecule has 4 N–H and O–H groups in total. The van der Waals surface area contributed by atoms with Gasteiger partial charge in [0.05, 0.1) is 0 Å².